The molecule has 0 spiro atoms. The highest BCUT2D eigenvalue weighted by Crippen LogP contribution is 2.26. The van der Waals surface area contributed by atoms with E-state index in [4.69, 9.17) is 0 Å². The first-order valence-corrected chi connectivity index (χ1v) is 6.84. The molecule has 0 aliphatic heterocycles. The molecular weight excluding hydrogens is 288 g/mol. The largest absolute Gasteiger partial charge is 0.382 e. The van der Waals surface area contributed by atoms with Crippen molar-refractivity contribution in [3.8, 4) is 0 Å². The Bertz CT molecular complexity index is 389. The molecule has 1 aromatic carbocycles. The van der Waals surface area contributed by atoms with Gasteiger partial charge in [0.2, 0.25) is 0 Å². The molecule has 1 aromatic rings. The first-order chi connectivity index (χ1) is 8.16. The fourth-order valence-corrected chi connectivity index (χ4v) is 2.65. The molecule has 0 bridgehead atoms. The van der Waals surface area contributed by atoms with Crippen LogP contribution in [-0.2, 0) is 0 Å². The summed E-state index contributed by atoms with van der Waals surface area (Å²) < 4.78 is 26.8. The minimum Gasteiger partial charge on any atom is -0.382 e. The molecule has 0 radical (unpaired) electrons. The summed E-state index contributed by atoms with van der Waals surface area (Å²) in [4.78, 5) is 0. The van der Waals surface area contributed by atoms with Gasteiger partial charge in [-0.25, -0.2) is 8.78 Å². The van der Waals surface area contributed by atoms with Gasteiger partial charge in [-0.3, -0.25) is 0 Å². The van der Waals surface area contributed by atoms with Crippen LogP contribution in [0.3, 0.4) is 0 Å². The number of halogens is 3. The zero-order chi connectivity index (χ0) is 12.3. The second-order valence-electron chi connectivity index (χ2n) is 4.63. The van der Waals surface area contributed by atoms with Gasteiger partial charge in [0.1, 0.15) is 11.6 Å². The maximum absolute atomic E-state index is 13.5. The molecule has 94 valence electrons. The van der Waals surface area contributed by atoms with E-state index in [1.165, 1.54) is 38.2 Å². The van der Waals surface area contributed by atoms with Crippen molar-refractivity contribution >= 4 is 21.6 Å². The highest BCUT2D eigenvalue weighted by atomic mass is 79.9. The minimum absolute atomic E-state index is 0.296. The zero-order valence-electron chi connectivity index (χ0n) is 9.61. The molecule has 17 heavy (non-hydrogen) atoms. The Hall–Kier alpha value is -0.640. The number of hydrogen-bond donors (Lipinski definition) is 1. The quantitative estimate of drug-likeness (QED) is 0.797. The summed E-state index contributed by atoms with van der Waals surface area (Å²) >= 11 is 3.06. The summed E-state index contributed by atoms with van der Waals surface area (Å²) in [6, 6.07) is 2.38. The third-order valence-electron chi connectivity index (χ3n) is 3.32. The standard InChI is InChI=1S/C13H16BrF2N/c14-10-6-13(12(16)7-11(10)15)17-8-9-4-2-1-3-5-9/h6-7,9,17H,1-5,8H2. The van der Waals surface area contributed by atoms with Crippen molar-refractivity contribution in [1.29, 1.82) is 0 Å². The van der Waals surface area contributed by atoms with Crippen LogP contribution >= 0.6 is 15.9 Å². The molecule has 1 nitrogen and oxygen atoms in total. The van der Waals surface area contributed by atoms with Crippen LogP contribution in [0.2, 0.25) is 0 Å². The first kappa shape index (κ1) is 12.8. The summed E-state index contributed by atoms with van der Waals surface area (Å²) in [6.45, 7) is 0.773. The van der Waals surface area contributed by atoms with E-state index in [1.807, 2.05) is 0 Å². The highest BCUT2D eigenvalue weighted by molar-refractivity contribution is 9.10. The Balaban J connectivity index is 1.96. The van der Waals surface area contributed by atoms with Crippen molar-refractivity contribution in [3.05, 3.63) is 28.2 Å². The fourth-order valence-electron chi connectivity index (χ4n) is 2.30. The average molecular weight is 304 g/mol. The fraction of sp³-hybridized carbons (Fsp3) is 0.538. The van der Waals surface area contributed by atoms with Gasteiger partial charge in [-0.15, -0.1) is 0 Å². The molecule has 0 amide bonds. The van der Waals surface area contributed by atoms with E-state index in [2.05, 4.69) is 21.2 Å². The van der Waals surface area contributed by atoms with E-state index in [1.54, 1.807) is 0 Å². The molecule has 0 saturated heterocycles. The van der Waals surface area contributed by atoms with Gasteiger partial charge in [-0.2, -0.15) is 0 Å². The monoisotopic (exact) mass is 303 g/mol. The summed E-state index contributed by atoms with van der Waals surface area (Å²) in [5.41, 5.74) is 0.379. The topological polar surface area (TPSA) is 12.0 Å². The van der Waals surface area contributed by atoms with Crippen molar-refractivity contribution in [2.45, 2.75) is 32.1 Å². The zero-order valence-corrected chi connectivity index (χ0v) is 11.2. The lowest BCUT2D eigenvalue weighted by molar-refractivity contribution is 0.373. The Morgan fingerprint density at radius 1 is 1.12 bits per heavy atom. The Morgan fingerprint density at radius 2 is 1.82 bits per heavy atom. The maximum atomic E-state index is 13.5. The second-order valence-corrected chi connectivity index (χ2v) is 5.49. The third kappa shape index (κ3) is 3.41. The summed E-state index contributed by atoms with van der Waals surface area (Å²) in [5.74, 6) is -0.473. The lowest BCUT2D eigenvalue weighted by atomic mass is 9.89. The molecule has 0 aromatic heterocycles. The molecule has 2 rings (SSSR count). The van der Waals surface area contributed by atoms with Crippen LogP contribution in [-0.4, -0.2) is 6.54 Å². The minimum atomic E-state index is -0.564. The molecule has 0 atom stereocenters. The van der Waals surface area contributed by atoms with E-state index in [9.17, 15) is 8.78 Å². The molecule has 1 saturated carbocycles. The van der Waals surface area contributed by atoms with Gasteiger partial charge in [0.15, 0.2) is 0 Å². The van der Waals surface area contributed by atoms with Crippen LogP contribution in [0.4, 0.5) is 14.5 Å². The van der Waals surface area contributed by atoms with Gasteiger partial charge >= 0.3 is 0 Å². The summed E-state index contributed by atoms with van der Waals surface area (Å²) in [6.07, 6.45) is 6.25. The Labute approximate surface area is 109 Å². The number of rotatable bonds is 3. The van der Waals surface area contributed by atoms with Crippen LogP contribution in [0.25, 0.3) is 0 Å². The van der Waals surface area contributed by atoms with Crippen LogP contribution in [0.1, 0.15) is 32.1 Å². The van der Waals surface area contributed by atoms with Crippen molar-refractivity contribution in [2.75, 3.05) is 11.9 Å². The molecule has 1 aliphatic rings. The second kappa shape index (κ2) is 5.80. The number of nitrogens with one attached hydrogen (secondary N) is 1. The summed E-state index contributed by atoms with van der Waals surface area (Å²) in [7, 11) is 0. The van der Waals surface area contributed by atoms with Gasteiger partial charge in [-0.1, -0.05) is 19.3 Å². The van der Waals surface area contributed by atoms with Crippen LogP contribution in [0.5, 0.6) is 0 Å². The Kier molecular flexibility index (Phi) is 4.37. The smallest absolute Gasteiger partial charge is 0.149 e. The van der Waals surface area contributed by atoms with E-state index in [0.29, 0.717) is 16.1 Å². The molecular formula is C13H16BrF2N. The van der Waals surface area contributed by atoms with E-state index in [0.717, 1.165) is 12.6 Å². The van der Waals surface area contributed by atoms with E-state index in [-0.39, 0.29) is 0 Å². The van der Waals surface area contributed by atoms with Crippen LogP contribution in [0.15, 0.2) is 16.6 Å². The number of anilines is 1. The van der Waals surface area contributed by atoms with Crippen molar-refractivity contribution in [1.82, 2.24) is 0 Å². The molecule has 1 fully saturated rings. The van der Waals surface area contributed by atoms with Crippen molar-refractivity contribution in [3.63, 3.8) is 0 Å². The molecule has 4 heteroatoms. The SMILES string of the molecule is Fc1cc(F)c(NCC2CCCCC2)cc1Br. The summed E-state index contributed by atoms with van der Waals surface area (Å²) in [5, 5.41) is 3.08. The predicted octanol–water partition coefficient (Wildman–Crippen LogP) is 4.72. The first-order valence-electron chi connectivity index (χ1n) is 6.05. The van der Waals surface area contributed by atoms with Crippen LogP contribution in [0, 0.1) is 17.6 Å². The van der Waals surface area contributed by atoms with Gasteiger partial charge in [0.05, 0.1) is 10.2 Å². The normalized spacial score (nSPS) is 17.1. The van der Waals surface area contributed by atoms with Gasteiger partial charge in [-0.05, 0) is 40.8 Å². The third-order valence-corrected chi connectivity index (χ3v) is 3.92. The molecule has 1 aliphatic carbocycles. The number of hydrogen-bond acceptors (Lipinski definition) is 1. The van der Waals surface area contributed by atoms with Crippen molar-refractivity contribution in [2.24, 2.45) is 5.92 Å². The predicted molar refractivity (Wildman–Crippen MR) is 69.1 cm³/mol. The number of benzene rings is 1. The average Bonchev–Trinajstić information content (AvgIpc) is 2.33. The van der Waals surface area contributed by atoms with Gasteiger partial charge in [0, 0.05) is 12.6 Å². The lowest BCUT2D eigenvalue weighted by Gasteiger charge is -2.22. The van der Waals surface area contributed by atoms with E-state index < -0.39 is 11.6 Å². The molecule has 0 heterocycles. The van der Waals surface area contributed by atoms with Gasteiger partial charge in [0.25, 0.3) is 0 Å². The molecule has 1 N–H and O–H groups in total. The molecule has 0 unspecified atom stereocenters. The van der Waals surface area contributed by atoms with Gasteiger partial charge < -0.3 is 5.32 Å². The van der Waals surface area contributed by atoms with Crippen LogP contribution < -0.4 is 5.32 Å². The maximum Gasteiger partial charge on any atom is 0.149 e. The lowest BCUT2D eigenvalue weighted by Crippen LogP contribution is -2.17. The van der Waals surface area contributed by atoms with Crippen molar-refractivity contribution < 1.29 is 8.78 Å². The van der Waals surface area contributed by atoms with E-state index >= 15 is 0 Å². The Morgan fingerprint density at radius 3 is 2.53 bits per heavy atom. The highest BCUT2D eigenvalue weighted by Gasteiger charge is 2.14.